The Balaban J connectivity index is 1.31. The first kappa shape index (κ1) is 20.6. The highest BCUT2D eigenvalue weighted by Crippen LogP contribution is 2.32. The molecule has 1 N–H and O–H groups in total. The van der Waals surface area contributed by atoms with Crippen molar-refractivity contribution in [2.24, 2.45) is 5.92 Å². The van der Waals surface area contributed by atoms with Crippen LogP contribution < -0.4 is 15.7 Å². The van der Waals surface area contributed by atoms with Crippen LogP contribution in [0.2, 0.25) is 0 Å². The molecule has 3 aromatic rings. The Morgan fingerprint density at radius 1 is 1.19 bits per heavy atom. The van der Waals surface area contributed by atoms with E-state index >= 15 is 0 Å². The number of urea groups is 1. The van der Waals surface area contributed by atoms with Crippen molar-refractivity contribution >= 4 is 17.2 Å². The maximum atomic E-state index is 13.3. The Hall–Kier alpha value is -3.29. The fourth-order valence-electron chi connectivity index (χ4n) is 4.56. The normalized spacial score (nSPS) is 18.7. The largest absolute Gasteiger partial charge is 0.497 e. The number of benzene rings is 1. The van der Waals surface area contributed by atoms with Gasteiger partial charge in [-0.1, -0.05) is 12.1 Å². The second-order valence-electron chi connectivity index (χ2n) is 8.80. The third-order valence-electron chi connectivity index (χ3n) is 6.51. The second-order valence-corrected chi connectivity index (χ2v) is 8.80. The van der Waals surface area contributed by atoms with E-state index in [1.165, 1.54) is 12.8 Å². The van der Waals surface area contributed by atoms with Gasteiger partial charge in [0.25, 0.3) is 0 Å². The monoisotopic (exact) mass is 435 g/mol. The molecule has 1 aromatic carbocycles. The third kappa shape index (κ3) is 4.09. The molecule has 2 fully saturated rings. The van der Waals surface area contributed by atoms with Crippen LogP contribution in [0.25, 0.3) is 11.2 Å². The maximum absolute atomic E-state index is 13.3. The van der Waals surface area contributed by atoms with Crippen LogP contribution in [-0.4, -0.2) is 45.2 Å². The summed E-state index contributed by atoms with van der Waals surface area (Å²) in [6, 6.07) is 11.3. The highest BCUT2D eigenvalue weighted by molar-refractivity contribution is 5.74. The second kappa shape index (κ2) is 8.68. The van der Waals surface area contributed by atoms with Gasteiger partial charge in [-0.3, -0.25) is 9.13 Å². The molecule has 32 heavy (non-hydrogen) atoms. The third-order valence-corrected chi connectivity index (χ3v) is 6.51. The molecule has 1 saturated heterocycles. The molecule has 1 aliphatic carbocycles. The van der Waals surface area contributed by atoms with E-state index in [9.17, 15) is 9.59 Å². The van der Waals surface area contributed by atoms with E-state index in [0.29, 0.717) is 25.6 Å². The van der Waals surface area contributed by atoms with Gasteiger partial charge in [0.05, 0.1) is 18.7 Å². The van der Waals surface area contributed by atoms with Crippen LogP contribution in [0, 0.1) is 5.92 Å². The van der Waals surface area contributed by atoms with Crippen LogP contribution >= 0.6 is 0 Å². The molecule has 5 rings (SSSR count). The van der Waals surface area contributed by atoms with E-state index in [1.807, 2.05) is 50.4 Å². The fraction of sp³-hybridized carbons (Fsp3) is 0.458. The predicted octanol–water partition coefficient (Wildman–Crippen LogP) is 3.16. The van der Waals surface area contributed by atoms with Gasteiger partial charge in [-0.15, -0.1) is 0 Å². The summed E-state index contributed by atoms with van der Waals surface area (Å²) in [6.45, 7) is 2.40. The number of fused-ring (bicyclic) bond motifs is 1. The molecule has 1 aliphatic heterocycles. The lowest BCUT2D eigenvalue weighted by Gasteiger charge is -2.33. The van der Waals surface area contributed by atoms with E-state index in [4.69, 9.17) is 4.74 Å². The summed E-state index contributed by atoms with van der Waals surface area (Å²) >= 11 is 0. The first-order chi connectivity index (χ1) is 15.6. The first-order valence-corrected chi connectivity index (χ1v) is 11.4. The summed E-state index contributed by atoms with van der Waals surface area (Å²) < 4.78 is 8.88. The number of imidazole rings is 1. The lowest BCUT2D eigenvalue weighted by molar-refractivity contribution is 0.166. The average Bonchev–Trinajstić information content (AvgIpc) is 3.61. The molecule has 0 unspecified atom stereocenters. The highest BCUT2D eigenvalue weighted by atomic mass is 16.5. The summed E-state index contributed by atoms with van der Waals surface area (Å²) in [6.07, 6.45) is 5.83. The van der Waals surface area contributed by atoms with Crippen molar-refractivity contribution in [2.75, 3.05) is 20.2 Å². The number of hydrogen-bond donors (Lipinski definition) is 1. The molecule has 0 bridgehead atoms. The molecule has 2 aliphatic rings. The quantitative estimate of drug-likeness (QED) is 0.645. The van der Waals surface area contributed by atoms with E-state index in [1.54, 1.807) is 13.3 Å². The van der Waals surface area contributed by atoms with Crippen molar-refractivity contribution in [1.29, 1.82) is 0 Å². The van der Waals surface area contributed by atoms with Crippen LogP contribution in [0.3, 0.4) is 0 Å². The van der Waals surface area contributed by atoms with E-state index in [-0.39, 0.29) is 17.8 Å². The molecule has 168 valence electrons. The molecular formula is C24H29N5O3. The molecule has 0 spiro atoms. The predicted molar refractivity (Wildman–Crippen MR) is 122 cm³/mol. The van der Waals surface area contributed by atoms with Crippen molar-refractivity contribution in [2.45, 2.75) is 44.8 Å². The molecule has 3 heterocycles. The number of carbonyl (C=O) groups excluding carboxylic acids is 1. The lowest BCUT2D eigenvalue weighted by Crippen LogP contribution is -2.47. The molecule has 0 radical (unpaired) electrons. The molecule has 8 nitrogen and oxygen atoms in total. The van der Waals surface area contributed by atoms with Crippen LogP contribution in [0.4, 0.5) is 4.79 Å². The number of ether oxygens (including phenoxy) is 1. The number of methoxy groups -OCH3 is 1. The minimum atomic E-state index is -0.103. The maximum Gasteiger partial charge on any atom is 0.330 e. The summed E-state index contributed by atoms with van der Waals surface area (Å²) in [5.41, 5.74) is 2.63. The number of pyridine rings is 1. The smallest absolute Gasteiger partial charge is 0.330 e. The van der Waals surface area contributed by atoms with Crippen molar-refractivity contribution in [1.82, 2.24) is 24.3 Å². The number of carbonyl (C=O) groups is 1. The van der Waals surface area contributed by atoms with Crippen molar-refractivity contribution in [3.05, 3.63) is 58.6 Å². The van der Waals surface area contributed by atoms with Gasteiger partial charge in [0.2, 0.25) is 0 Å². The van der Waals surface area contributed by atoms with Gasteiger partial charge in [0.15, 0.2) is 5.65 Å². The minimum Gasteiger partial charge on any atom is -0.497 e. The zero-order valence-electron chi connectivity index (χ0n) is 18.4. The number of nitrogens with zero attached hydrogens (tertiary/aromatic N) is 4. The van der Waals surface area contributed by atoms with E-state index in [0.717, 1.165) is 41.9 Å². The Morgan fingerprint density at radius 3 is 2.75 bits per heavy atom. The van der Waals surface area contributed by atoms with Crippen LogP contribution in [0.1, 0.15) is 37.3 Å². The minimum absolute atomic E-state index is 0.00362. The molecule has 8 heteroatoms. The van der Waals surface area contributed by atoms with Gasteiger partial charge >= 0.3 is 11.7 Å². The van der Waals surface area contributed by atoms with Gasteiger partial charge < -0.3 is 15.0 Å². The summed E-state index contributed by atoms with van der Waals surface area (Å²) in [4.78, 5) is 32.6. The lowest BCUT2D eigenvalue weighted by atomic mass is 10.1. The Labute approximate surface area is 186 Å². The number of hydrogen-bond acceptors (Lipinski definition) is 4. The highest BCUT2D eigenvalue weighted by Gasteiger charge is 2.30. The number of aromatic nitrogens is 3. The van der Waals surface area contributed by atoms with Crippen molar-refractivity contribution in [3.63, 3.8) is 0 Å². The topological polar surface area (TPSA) is 81.4 Å². The fourth-order valence-corrected chi connectivity index (χ4v) is 4.56. The van der Waals surface area contributed by atoms with Crippen LogP contribution in [0.15, 0.2) is 47.4 Å². The number of nitrogens with one attached hydrogen (secondary N) is 1. The van der Waals surface area contributed by atoms with Crippen molar-refractivity contribution in [3.8, 4) is 5.75 Å². The number of rotatable bonds is 6. The Bertz CT molecular complexity index is 1160. The van der Waals surface area contributed by atoms with Gasteiger partial charge in [0.1, 0.15) is 5.75 Å². The van der Waals surface area contributed by atoms with Gasteiger partial charge in [-0.05, 0) is 61.4 Å². The standard InChI is InChI=1S/C24H29N5O3/c1-32-20-10-8-17(9-11-20)14-26-23(30)27-13-3-4-19(16-27)29-22-21(5-2-12-25-22)28(24(29)31)15-18-6-7-18/h2,5,8-12,18-19H,3-4,6-7,13-16H2,1H3,(H,26,30)/t19-/m0/s1. The molecular weight excluding hydrogens is 406 g/mol. The number of piperidine rings is 1. The molecule has 2 amide bonds. The average molecular weight is 436 g/mol. The summed E-state index contributed by atoms with van der Waals surface area (Å²) in [5.74, 6) is 1.39. The molecule has 1 saturated carbocycles. The summed E-state index contributed by atoms with van der Waals surface area (Å²) in [5, 5.41) is 3.01. The SMILES string of the molecule is COc1ccc(CNC(=O)N2CCC[C@H](n3c(=O)n(CC4CC4)c4cccnc43)C2)cc1. The number of likely N-dealkylation sites (tertiary alicyclic amines) is 1. The van der Waals surface area contributed by atoms with Crippen LogP contribution in [0.5, 0.6) is 5.75 Å². The molecule has 2 aromatic heterocycles. The van der Waals surface area contributed by atoms with Gasteiger partial charge in [0, 0.05) is 32.4 Å². The summed E-state index contributed by atoms with van der Waals surface area (Å²) in [7, 11) is 1.63. The van der Waals surface area contributed by atoms with Gasteiger partial charge in [-0.25, -0.2) is 14.6 Å². The van der Waals surface area contributed by atoms with E-state index < -0.39 is 0 Å². The Morgan fingerprint density at radius 2 is 2.00 bits per heavy atom. The molecule has 1 atom stereocenters. The Kier molecular flexibility index (Phi) is 5.59. The van der Waals surface area contributed by atoms with Gasteiger partial charge in [-0.2, -0.15) is 0 Å². The van der Waals surface area contributed by atoms with Crippen LogP contribution in [-0.2, 0) is 13.1 Å². The van der Waals surface area contributed by atoms with E-state index in [2.05, 4.69) is 10.3 Å². The first-order valence-electron chi connectivity index (χ1n) is 11.4. The zero-order valence-corrected chi connectivity index (χ0v) is 18.4. The zero-order chi connectivity index (χ0) is 22.1. The van der Waals surface area contributed by atoms with Crippen molar-refractivity contribution < 1.29 is 9.53 Å². The number of amides is 2.